The average Bonchev–Trinajstić information content (AvgIpc) is 1.64. The first-order valence-electron chi connectivity index (χ1n) is 45.6. The number of morpholine rings is 1. The van der Waals surface area contributed by atoms with Crippen molar-refractivity contribution in [1.82, 2.24) is 80.3 Å². The Morgan fingerprint density at radius 2 is 0.628 bits per heavy atom. The summed E-state index contributed by atoms with van der Waals surface area (Å²) in [5.41, 5.74) is 8.47. The topological polar surface area (TPSA) is 399 Å². The van der Waals surface area contributed by atoms with Gasteiger partial charge in [-0.3, -0.25) is 38.4 Å². The Kier molecular flexibility index (Phi) is 32.4. The van der Waals surface area contributed by atoms with E-state index in [-0.39, 0.29) is 124 Å². The molecule has 8 aromatic heterocycles. The molecule has 16 rings (SSSR count). The number of rotatable bonds is 23. The van der Waals surface area contributed by atoms with Crippen LogP contribution in [0.4, 0.5) is 23.3 Å². The summed E-state index contributed by atoms with van der Waals surface area (Å²) >= 11 is 4.97. The number of amides is 8. The molecule has 8 atom stereocenters. The van der Waals surface area contributed by atoms with Gasteiger partial charge >= 0.3 is 0 Å². The maximum Gasteiger partial charge on any atom is 0.283 e. The molecule has 0 unspecified atom stereocenters. The van der Waals surface area contributed by atoms with Gasteiger partial charge in [0, 0.05) is 154 Å². The number of aliphatic hydroxyl groups is 2. The van der Waals surface area contributed by atoms with Crippen molar-refractivity contribution in [2.24, 2.45) is 0 Å². The summed E-state index contributed by atoms with van der Waals surface area (Å²) in [5.74, 6) is 1.53. The predicted octanol–water partition coefficient (Wildman–Crippen LogP) is 13.7. The van der Waals surface area contributed by atoms with Crippen LogP contribution in [0.5, 0.6) is 0 Å². The Morgan fingerprint density at radius 3 is 0.876 bits per heavy atom. The molecule has 8 aromatic rings. The molecule has 2 aliphatic carbocycles. The van der Waals surface area contributed by atoms with Gasteiger partial charge in [0.15, 0.2) is 20.0 Å². The summed E-state index contributed by atoms with van der Waals surface area (Å²) < 4.78 is 10.8. The molecule has 6 aliphatic heterocycles. The number of thiazole rings is 4. The molecule has 694 valence electrons. The van der Waals surface area contributed by atoms with Crippen molar-refractivity contribution < 1.29 is 58.0 Å². The van der Waals surface area contributed by atoms with Gasteiger partial charge in [0.05, 0.1) is 57.0 Å². The summed E-state index contributed by atoms with van der Waals surface area (Å²) in [7, 11) is 0. The maximum atomic E-state index is 13.5. The number of carbonyl (C=O) groups is 8. The number of aliphatic hydroxyl groups excluding tert-OH is 2. The lowest BCUT2D eigenvalue weighted by molar-refractivity contribution is 0.0302. The number of nitrogens with zero attached hydrogens (tertiary/aromatic N) is 13. The van der Waals surface area contributed by atoms with Crippen LogP contribution in [0.2, 0.25) is 0 Å². The van der Waals surface area contributed by atoms with Crippen molar-refractivity contribution in [3.63, 3.8) is 0 Å². The Balaban J connectivity index is 0.000000147. The highest BCUT2D eigenvalue weighted by molar-refractivity contribution is 7.18. The first-order valence-corrected chi connectivity index (χ1v) is 48.9. The van der Waals surface area contributed by atoms with Crippen molar-refractivity contribution in [3.8, 4) is 41.8 Å². The standard InChI is InChI=1S/C24H33N5O3S.3C23H31N5O3S/c1-14(2)26-19-12-15(3)18(13-25-19)21-20(24(31)29-9-5-6-16(29)4)28-23(33-21)22(30)27-17-7-10-32-11-8-17;2*1-12(2)25-18-10-13(3)15(11-24-18)20-19(23(31)28-9-5-6-14(28)4)27-22(32-20)21(30)26-16-7-8-17(16)29;1-14(2)25-18-12-15(3)17(13-24-18)20-19(22(29)28-7-5-6-16(28)4)26-21(32-20)23(30)27-8-10-31-11-9-27/h12-14,16-17H,5-11H2,1-4H3,(H,25,26)(H,27,30);2*10-12,14,16-17,29H,5-9H2,1-4H3,(H,24,25)(H,26,30);12-14,16H,5-11H2,1-4H3,(H,24,25)/t16-;14-,16+,17-;14-,16-,17+;16-/m0000/s1. The number of anilines is 4. The fourth-order valence-electron chi connectivity index (χ4n) is 16.9. The van der Waals surface area contributed by atoms with E-state index in [0.717, 1.165) is 158 Å². The minimum Gasteiger partial charge on any atom is -0.391 e. The van der Waals surface area contributed by atoms with Gasteiger partial charge in [0.1, 0.15) is 46.0 Å². The van der Waals surface area contributed by atoms with E-state index >= 15 is 0 Å². The van der Waals surface area contributed by atoms with Crippen LogP contribution in [0.3, 0.4) is 0 Å². The zero-order valence-corrected chi connectivity index (χ0v) is 80.3. The second-order valence-corrected chi connectivity index (χ2v) is 40.2. The molecular formula is C93H126N20O12S4. The lowest BCUT2D eigenvalue weighted by atomic mass is 9.89. The van der Waals surface area contributed by atoms with Gasteiger partial charge in [0.25, 0.3) is 47.3 Å². The first kappa shape index (κ1) is 96.5. The number of nitrogens with one attached hydrogen (secondary N) is 7. The predicted molar refractivity (Wildman–Crippen MR) is 505 cm³/mol. The van der Waals surface area contributed by atoms with Gasteiger partial charge < -0.3 is 81.4 Å². The Hall–Kier alpha value is -10.1. The maximum absolute atomic E-state index is 13.5. The van der Waals surface area contributed by atoms with E-state index in [9.17, 15) is 48.6 Å². The summed E-state index contributed by atoms with van der Waals surface area (Å²) in [5, 5.41) is 42.7. The molecule has 14 heterocycles. The van der Waals surface area contributed by atoms with E-state index < -0.39 is 12.2 Å². The highest BCUT2D eigenvalue weighted by Gasteiger charge is 2.40. The third kappa shape index (κ3) is 23.5. The van der Waals surface area contributed by atoms with Gasteiger partial charge in [-0.25, -0.2) is 39.9 Å². The third-order valence-corrected chi connectivity index (χ3v) is 28.8. The molecule has 0 radical (unpaired) electrons. The second kappa shape index (κ2) is 43.3. The second-order valence-electron chi connectivity index (χ2n) is 36.2. The molecule has 129 heavy (non-hydrogen) atoms. The molecule has 0 aromatic carbocycles. The molecule has 8 amide bonds. The number of hydrogen-bond donors (Lipinski definition) is 9. The number of likely N-dealkylation sites (tertiary alicyclic amines) is 4. The zero-order valence-electron chi connectivity index (χ0n) is 77.0. The molecule has 0 bridgehead atoms. The largest absolute Gasteiger partial charge is 0.391 e. The van der Waals surface area contributed by atoms with Gasteiger partial charge in [0.2, 0.25) is 0 Å². The minimum absolute atomic E-state index is 0.0705. The van der Waals surface area contributed by atoms with Crippen molar-refractivity contribution in [3.05, 3.63) is 114 Å². The zero-order chi connectivity index (χ0) is 92.3. The highest BCUT2D eigenvalue weighted by atomic mass is 32.1. The van der Waals surface area contributed by atoms with Crippen molar-refractivity contribution in [2.75, 3.05) is 87.0 Å². The monoisotopic (exact) mass is 1840 g/mol. The number of aryl methyl sites for hydroxylation is 4. The SMILES string of the molecule is Cc1cc(NC(C)C)ncc1-c1sc(C(=O)N2CCOCC2)nc1C(=O)N1CCC[C@@H]1C.Cc1cc(NC(C)C)ncc1-c1sc(C(=O)NC2CCOCC2)nc1C(=O)N1CCC[C@@H]1C.Cc1cc(NC(C)C)ncc1-c1sc(C(=O)N[C@@H]2CC[C@@H]2O)nc1C(=O)N1CCC[C@@H]1C.Cc1cc(NC(C)C)ncc1-c1sc(C(=O)N[C@H]2CC[C@H]2O)nc1C(=O)N1CCC[C@@H]1C. The number of hydrogen-bond acceptors (Lipinski definition) is 28. The fourth-order valence-corrected chi connectivity index (χ4v) is 21.1. The van der Waals surface area contributed by atoms with Crippen LogP contribution < -0.4 is 37.2 Å². The van der Waals surface area contributed by atoms with Crippen LogP contribution in [0, 0.1) is 27.7 Å². The summed E-state index contributed by atoms with van der Waals surface area (Å²) in [6.07, 6.45) is 18.3. The van der Waals surface area contributed by atoms with Crippen LogP contribution in [0.1, 0.15) is 276 Å². The summed E-state index contributed by atoms with van der Waals surface area (Å²) in [6, 6.07) is 9.10. The van der Waals surface area contributed by atoms with Gasteiger partial charge in [-0.15, -0.1) is 45.3 Å². The molecule has 32 nitrogen and oxygen atoms in total. The molecule has 8 fully saturated rings. The molecule has 36 heteroatoms. The van der Waals surface area contributed by atoms with Gasteiger partial charge in [-0.1, -0.05) is 0 Å². The van der Waals surface area contributed by atoms with E-state index in [1.807, 2.05) is 113 Å². The van der Waals surface area contributed by atoms with Gasteiger partial charge in [-0.2, -0.15) is 0 Å². The number of aromatic nitrogens is 8. The molecule has 0 spiro atoms. The van der Waals surface area contributed by atoms with Crippen molar-refractivity contribution in [1.29, 1.82) is 0 Å². The van der Waals surface area contributed by atoms with E-state index in [1.165, 1.54) is 45.3 Å². The number of ether oxygens (including phenoxy) is 2. The molecule has 6 saturated heterocycles. The minimum atomic E-state index is -0.516. The third-order valence-electron chi connectivity index (χ3n) is 24.5. The van der Waals surface area contributed by atoms with Crippen LogP contribution in [-0.2, 0) is 9.47 Å². The van der Waals surface area contributed by atoms with Crippen LogP contribution in [0.25, 0.3) is 41.8 Å². The van der Waals surface area contributed by atoms with E-state index in [1.54, 1.807) is 29.7 Å². The fraction of sp³-hybridized carbons (Fsp3) is 0.570. The Labute approximate surface area is 771 Å². The smallest absolute Gasteiger partial charge is 0.283 e. The molecule has 9 N–H and O–H groups in total. The molecule has 2 saturated carbocycles. The highest BCUT2D eigenvalue weighted by Crippen LogP contribution is 2.42. The van der Waals surface area contributed by atoms with E-state index in [0.29, 0.717) is 118 Å². The van der Waals surface area contributed by atoms with Crippen molar-refractivity contribution in [2.45, 2.75) is 279 Å². The van der Waals surface area contributed by atoms with Crippen LogP contribution >= 0.6 is 45.3 Å². The Morgan fingerprint density at radius 1 is 0.357 bits per heavy atom. The lowest BCUT2D eigenvalue weighted by Crippen LogP contribution is -2.50. The average molecular weight is 1840 g/mol. The molecular weight excluding hydrogens is 1720 g/mol. The first-order chi connectivity index (χ1) is 61.7. The van der Waals surface area contributed by atoms with E-state index in [4.69, 9.17) is 9.47 Å². The molecule has 8 aliphatic rings. The Bertz CT molecular complexity index is 5190. The summed E-state index contributed by atoms with van der Waals surface area (Å²) in [4.78, 5) is 154. The van der Waals surface area contributed by atoms with Crippen LogP contribution in [-0.4, -0.2) is 266 Å². The normalized spacial score (nSPS) is 20.9. The quantitative estimate of drug-likeness (QED) is 0.0287. The van der Waals surface area contributed by atoms with Crippen molar-refractivity contribution >= 4 is 116 Å². The number of pyridine rings is 4. The van der Waals surface area contributed by atoms with Gasteiger partial charge in [-0.05, 0) is 247 Å². The van der Waals surface area contributed by atoms with E-state index in [2.05, 4.69) is 119 Å². The summed E-state index contributed by atoms with van der Waals surface area (Å²) in [6.45, 7) is 38.8. The number of carbonyl (C=O) groups excluding carboxylic acids is 8. The van der Waals surface area contributed by atoms with Crippen LogP contribution in [0.15, 0.2) is 49.1 Å². The lowest BCUT2D eigenvalue weighted by Gasteiger charge is -2.32.